The molecule has 164 valence electrons. The summed E-state index contributed by atoms with van der Waals surface area (Å²) in [6, 6.07) is 8.23. The summed E-state index contributed by atoms with van der Waals surface area (Å²) >= 11 is 0. The van der Waals surface area contributed by atoms with E-state index in [4.69, 9.17) is 10.00 Å². The minimum absolute atomic E-state index is 0.0582. The van der Waals surface area contributed by atoms with Gasteiger partial charge in [0.05, 0.1) is 23.1 Å². The van der Waals surface area contributed by atoms with Crippen LogP contribution in [0.4, 0.5) is 26.1 Å². The van der Waals surface area contributed by atoms with E-state index in [2.05, 4.69) is 30.6 Å². The highest BCUT2D eigenvalue weighted by atomic mass is 19.3. The Bertz CT molecular complexity index is 1170. The number of hydrogen-bond acceptors (Lipinski definition) is 8. The summed E-state index contributed by atoms with van der Waals surface area (Å²) in [7, 11) is 0. The molecule has 0 spiro atoms. The van der Waals surface area contributed by atoms with Gasteiger partial charge in [-0.15, -0.1) is 0 Å². The molecular weight excluding hydrogens is 420 g/mol. The number of amides is 1. The number of hydrogen-bond donors (Lipinski definition) is 2. The van der Waals surface area contributed by atoms with Gasteiger partial charge in [0.1, 0.15) is 24.3 Å². The van der Waals surface area contributed by atoms with Crippen LogP contribution >= 0.6 is 0 Å². The number of anilines is 3. The molecule has 2 N–H and O–H groups in total. The van der Waals surface area contributed by atoms with E-state index in [1.165, 1.54) is 31.5 Å². The number of ether oxygens (including phenoxy) is 1. The molecule has 9 nitrogen and oxygen atoms in total. The fourth-order valence-corrected chi connectivity index (χ4v) is 2.60. The molecule has 0 aliphatic rings. The molecule has 0 fully saturated rings. The highest BCUT2D eigenvalue weighted by Gasteiger charge is 2.29. The second-order valence-electron chi connectivity index (χ2n) is 6.92. The molecule has 1 amide bonds. The Morgan fingerprint density at radius 3 is 2.59 bits per heavy atom. The van der Waals surface area contributed by atoms with Crippen LogP contribution in [0.1, 0.15) is 36.6 Å². The van der Waals surface area contributed by atoms with Gasteiger partial charge in [0.15, 0.2) is 5.75 Å². The zero-order chi connectivity index (χ0) is 23.3. The number of nitriles is 1. The van der Waals surface area contributed by atoms with Crippen molar-refractivity contribution in [1.82, 2.24) is 19.9 Å². The smallest absolute Gasteiger partial charge is 0.303 e. The second-order valence-corrected chi connectivity index (χ2v) is 6.92. The molecule has 32 heavy (non-hydrogen) atoms. The van der Waals surface area contributed by atoms with Gasteiger partial charge in [0.2, 0.25) is 11.7 Å². The summed E-state index contributed by atoms with van der Waals surface area (Å²) in [6.07, 6.45) is 2.80. The summed E-state index contributed by atoms with van der Waals surface area (Å²) in [5.74, 6) is -3.55. The highest BCUT2D eigenvalue weighted by Crippen LogP contribution is 2.31. The number of nitrogens with zero attached hydrogens (tertiary/aromatic N) is 5. The van der Waals surface area contributed by atoms with E-state index in [1.807, 2.05) is 6.07 Å². The van der Waals surface area contributed by atoms with Crippen LogP contribution in [-0.2, 0) is 17.3 Å². The number of nitrogens with one attached hydrogen (secondary N) is 2. The van der Waals surface area contributed by atoms with Gasteiger partial charge in [-0.25, -0.2) is 15.0 Å². The number of pyridine rings is 2. The average Bonchev–Trinajstić information content (AvgIpc) is 2.72. The number of alkyl halides is 2. The lowest BCUT2D eigenvalue weighted by Gasteiger charge is -2.16. The molecule has 0 radical (unpaired) electrons. The third-order valence-electron chi connectivity index (χ3n) is 4.01. The van der Waals surface area contributed by atoms with E-state index in [1.54, 1.807) is 19.1 Å². The van der Waals surface area contributed by atoms with Crippen molar-refractivity contribution in [2.75, 3.05) is 10.6 Å². The van der Waals surface area contributed by atoms with Crippen molar-refractivity contribution in [1.29, 1.82) is 5.26 Å². The van der Waals surface area contributed by atoms with Gasteiger partial charge in [-0.1, -0.05) is 0 Å². The van der Waals surface area contributed by atoms with Gasteiger partial charge in [-0.3, -0.25) is 9.78 Å². The minimum atomic E-state index is -3.22. The number of aryl methyl sites for hydroxylation is 1. The molecule has 3 rings (SSSR count). The number of carbonyl (C=O) groups excluding carboxylic acids is 1. The number of carbonyl (C=O) groups is 1. The lowest BCUT2D eigenvalue weighted by atomic mass is 10.3. The van der Waals surface area contributed by atoms with Gasteiger partial charge < -0.3 is 15.4 Å². The molecule has 0 unspecified atom stereocenters. The summed E-state index contributed by atoms with van der Waals surface area (Å²) in [5.41, 5.74) is 1.66. The molecule has 0 aliphatic heterocycles. The fourth-order valence-electron chi connectivity index (χ4n) is 2.60. The van der Waals surface area contributed by atoms with Crippen LogP contribution in [0, 0.1) is 18.3 Å². The number of aromatic nitrogens is 4. The molecule has 0 aliphatic carbocycles. The summed E-state index contributed by atoms with van der Waals surface area (Å²) in [4.78, 5) is 27.3. The van der Waals surface area contributed by atoms with Crippen molar-refractivity contribution in [3.05, 3.63) is 59.4 Å². The lowest BCUT2D eigenvalue weighted by molar-refractivity contribution is -0.114. The van der Waals surface area contributed by atoms with Crippen molar-refractivity contribution < 1.29 is 18.3 Å². The first-order valence-corrected chi connectivity index (χ1v) is 9.40. The lowest BCUT2D eigenvalue weighted by Crippen LogP contribution is -2.14. The standard InChI is InChI=1S/C21H19F2N7O2/c1-12-6-19(30-20(27-12)21(3,22)23)29-16-7-18(28-13(2)31)26-10-17(16)32-11-15-5-4-14(8-24)9-25-15/h4-7,9-10H,11H2,1-3H3,(H2,26,27,28,29,30,31). The monoisotopic (exact) mass is 439 g/mol. The number of halogens is 2. The number of rotatable bonds is 7. The van der Waals surface area contributed by atoms with E-state index in [0.717, 1.165) is 0 Å². The Kier molecular flexibility index (Phi) is 6.53. The summed E-state index contributed by atoms with van der Waals surface area (Å²) in [6.45, 7) is 3.68. The summed E-state index contributed by atoms with van der Waals surface area (Å²) < 4.78 is 33.3. The molecule has 11 heteroatoms. The first-order valence-electron chi connectivity index (χ1n) is 9.40. The van der Waals surface area contributed by atoms with Crippen molar-refractivity contribution >= 4 is 23.2 Å². The predicted molar refractivity (Wildman–Crippen MR) is 111 cm³/mol. The molecule has 3 aromatic heterocycles. The maximum absolute atomic E-state index is 13.7. The highest BCUT2D eigenvalue weighted by molar-refractivity contribution is 5.88. The molecule has 0 atom stereocenters. The Balaban J connectivity index is 1.90. The van der Waals surface area contributed by atoms with Crippen molar-refractivity contribution in [3.63, 3.8) is 0 Å². The van der Waals surface area contributed by atoms with E-state index in [0.29, 0.717) is 29.6 Å². The van der Waals surface area contributed by atoms with Crippen LogP contribution in [-0.4, -0.2) is 25.8 Å². The maximum Gasteiger partial charge on any atom is 0.303 e. The third-order valence-corrected chi connectivity index (χ3v) is 4.01. The molecule has 3 heterocycles. The zero-order valence-electron chi connectivity index (χ0n) is 17.5. The first kappa shape index (κ1) is 22.5. The molecule has 3 aromatic rings. The van der Waals surface area contributed by atoms with E-state index in [9.17, 15) is 13.6 Å². The normalized spacial score (nSPS) is 10.9. The topological polar surface area (TPSA) is 126 Å². The van der Waals surface area contributed by atoms with Crippen molar-refractivity contribution in [2.24, 2.45) is 0 Å². The van der Waals surface area contributed by atoms with Crippen LogP contribution in [0.15, 0.2) is 36.7 Å². The van der Waals surface area contributed by atoms with Crippen LogP contribution in [0.25, 0.3) is 0 Å². The third kappa shape index (κ3) is 5.91. The van der Waals surface area contributed by atoms with Gasteiger partial charge >= 0.3 is 5.92 Å². The maximum atomic E-state index is 13.7. The summed E-state index contributed by atoms with van der Waals surface area (Å²) in [5, 5.41) is 14.3. The zero-order valence-corrected chi connectivity index (χ0v) is 17.5. The Morgan fingerprint density at radius 2 is 1.97 bits per heavy atom. The van der Waals surface area contributed by atoms with E-state index >= 15 is 0 Å². The van der Waals surface area contributed by atoms with E-state index in [-0.39, 0.29) is 29.9 Å². The predicted octanol–water partition coefficient (Wildman–Crippen LogP) is 3.84. The van der Waals surface area contributed by atoms with E-state index < -0.39 is 11.7 Å². The average molecular weight is 439 g/mol. The Hall–Kier alpha value is -4.20. The Morgan fingerprint density at radius 1 is 1.19 bits per heavy atom. The van der Waals surface area contributed by atoms with Crippen molar-refractivity contribution in [3.8, 4) is 11.8 Å². The van der Waals surface area contributed by atoms with Gasteiger partial charge in [0, 0.05) is 37.9 Å². The van der Waals surface area contributed by atoms with Crippen LogP contribution in [0.2, 0.25) is 0 Å². The quantitative estimate of drug-likeness (QED) is 0.569. The molecule has 0 aromatic carbocycles. The molecular formula is C21H19F2N7O2. The van der Waals surface area contributed by atoms with Gasteiger partial charge in [-0.05, 0) is 19.1 Å². The molecule has 0 saturated carbocycles. The largest absolute Gasteiger partial charge is 0.483 e. The van der Waals surface area contributed by atoms with Gasteiger partial charge in [0.25, 0.3) is 0 Å². The van der Waals surface area contributed by atoms with Crippen LogP contribution < -0.4 is 15.4 Å². The minimum Gasteiger partial charge on any atom is -0.483 e. The van der Waals surface area contributed by atoms with Crippen molar-refractivity contribution in [2.45, 2.75) is 33.3 Å². The van der Waals surface area contributed by atoms with Crippen LogP contribution in [0.3, 0.4) is 0 Å². The van der Waals surface area contributed by atoms with Crippen LogP contribution in [0.5, 0.6) is 5.75 Å². The fraction of sp³-hybridized carbons (Fsp3) is 0.238. The first-order chi connectivity index (χ1) is 15.1. The Labute approximate surface area is 182 Å². The van der Waals surface area contributed by atoms with Gasteiger partial charge in [-0.2, -0.15) is 14.0 Å². The molecule has 0 saturated heterocycles. The SMILES string of the molecule is CC(=O)Nc1cc(Nc2cc(C)nc(C(C)(F)F)n2)c(OCc2ccc(C#N)cn2)cn1. The second kappa shape index (κ2) is 9.30. The molecule has 0 bridgehead atoms.